The summed E-state index contributed by atoms with van der Waals surface area (Å²) in [6.07, 6.45) is 0. The van der Waals surface area contributed by atoms with E-state index < -0.39 is 0 Å². The highest BCUT2D eigenvalue weighted by molar-refractivity contribution is 5.31. The maximum absolute atomic E-state index is 5.74. The third kappa shape index (κ3) is 1.28. The summed E-state index contributed by atoms with van der Waals surface area (Å²) in [5.41, 5.74) is 7.60. The Kier molecular flexibility index (Phi) is 1.92. The monoisotopic (exact) mass is 175 g/mol. The molecule has 1 aromatic carbocycles. The number of benzene rings is 1. The fraction of sp³-hybridized carbons (Fsp3) is 0.500. The van der Waals surface area contributed by atoms with Gasteiger partial charge in [-0.15, -0.1) is 0 Å². The van der Waals surface area contributed by atoms with E-state index in [1.165, 1.54) is 5.56 Å². The Balaban J connectivity index is 2.22. The van der Waals surface area contributed by atoms with Gasteiger partial charge in [0.15, 0.2) is 0 Å². The van der Waals surface area contributed by atoms with Crippen molar-refractivity contribution in [2.24, 2.45) is 17.1 Å². The number of hydrogen-bond donors (Lipinski definition) is 1. The van der Waals surface area contributed by atoms with Crippen molar-refractivity contribution in [1.82, 2.24) is 0 Å². The first-order valence-corrected chi connectivity index (χ1v) is 4.93. The van der Waals surface area contributed by atoms with Crippen LogP contribution < -0.4 is 5.73 Å². The molecule has 0 unspecified atom stereocenters. The van der Waals surface area contributed by atoms with Crippen LogP contribution in [0.4, 0.5) is 0 Å². The molecular weight excluding hydrogens is 158 g/mol. The Morgan fingerprint density at radius 2 is 1.85 bits per heavy atom. The molecule has 0 bridgehead atoms. The molecule has 1 heteroatoms. The van der Waals surface area contributed by atoms with Gasteiger partial charge in [-0.05, 0) is 29.4 Å². The molecular formula is C12H17N. The van der Waals surface area contributed by atoms with Crippen LogP contribution >= 0.6 is 0 Å². The third-order valence-electron chi connectivity index (χ3n) is 3.46. The highest BCUT2D eigenvalue weighted by atomic mass is 14.7. The molecule has 1 saturated carbocycles. The molecule has 1 nitrogen and oxygen atoms in total. The van der Waals surface area contributed by atoms with Crippen molar-refractivity contribution < 1.29 is 0 Å². The van der Waals surface area contributed by atoms with E-state index in [9.17, 15) is 0 Å². The minimum atomic E-state index is 0.413. The van der Waals surface area contributed by atoms with E-state index in [2.05, 4.69) is 44.2 Å². The van der Waals surface area contributed by atoms with Crippen molar-refractivity contribution in [3.05, 3.63) is 35.9 Å². The summed E-state index contributed by atoms with van der Waals surface area (Å²) in [6, 6.07) is 10.7. The van der Waals surface area contributed by atoms with Crippen molar-refractivity contribution in [1.29, 1.82) is 0 Å². The average Bonchev–Trinajstić information content (AvgIpc) is 2.69. The molecule has 2 rings (SSSR count). The van der Waals surface area contributed by atoms with Gasteiger partial charge in [-0.1, -0.05) is 44.2 Å². The molecule has 0 heterocycles. The molecule has 1 aromatic rings. The largest absolute Gasteiger partial charge is 0.330 e. The second-order valence-corrected chi connectivity index (χ2v) is 4.55. The van der Waals surface area contributed by atoms with Gasteiger partial charge in [-0.25, -0.2) is 0 Å². The lowest BCUT2D eigenvalue weighted by atomic mass is 10.0. The Morgan fingerprint density at radius 1 is 1.23 bits per heavy atom. The summed E-state index contributed by atoms with van der Waals surface area (Å²) in [5.74, 6) is 1.36. The zero-order valence-electron chi connectivity index (χ0n) is 8.33. The lowest BCUT2D eigenvalue weighted by Crippen LogP contribution is -2.05. The molecule has 13 heavy (non-hydrogen) atoms. The number of hydrogen-bond acceptors (Lipinski definition) is 1. The SMILES string of the molecule is CC1(C)[C@H](CN)[C@H]1c1ccccc1. The summed E-state index contributed by atoms with van der Waals surface area (Å²) < 4.78 is 0. The molecule has 0 aromatic heterocycles. The minimum absolute atomic E-state index is 0.413. The maximum Gasteiger partial charge on any atom is -0.00375 e. The standard InChI is InChI=1S/C12H17N/c1-12(2)10(8-13)11(12)9-6-4-3-5-7-9/h3-7,10-11H,8,13H2,1-2H3/t10-,11-/m1/s1. The van der Waals surface area contributed by atoms with E-state index in [-0.39, 0.29) is 0 Å². The molecule has 2 atom stereocenters. The Morgan fingerprint density at radius 3 is 2.31 bits per heavy atom. The van der Waals surface area contributed by atoms with Crippen molar-refractivity contribution in [3.63, 3.8) is 0 Å². The quantitative estimate of drug-likeness (QED) is 0.733. The summed E-state index contributed by atoms with van der Waals surface area (Å²) in [7, 11) is 0. The Labute approximate surface area is 80.0 Å². The minimum Gasteiger partial charge on any atom is -0.330 e. The third-order valence-corrected chi connectivity index (χ3v) is 3.46. The van der Waals surface area contributed by atoms with E-state index in [1.807, 2.05) is 0 Å². The lowest BCUT2D eigenvalue weighted by Gasteiger charge is -2.01. The van der Waals surface area contributed by atoms with Crippen LogP contribution in [0.5, 0.6) is 0 Å². The fourth-order valence-corrected chi connectivity index (χ4v) is 2.51. The van der Waals surface area contributed by atoms with Gasteiger partial charge in [-0.3, -0.25) is 0 Å². The normalized spacial score (nSPS) is 30.1. The van der Waals surface area contributed by atoms with Gasteiger partial charge in [0.05, 0.1) is 0 Å². The molecule has 1 aliphatic carbocycles. The van der Waals surface area contributed by atoms with E-state index in [4.69, 9.17) is 5.73 Å². The molecule has 1 aliphatic rings. The maximum atomic E-state index is 5.74. The van der Waals surface area contributed by atoms with Crippen LogP contribution in [0.25, 0.3) is 0 Å². The second-order valence-electron chi connectivity index (χ2n) is 4.55. The van der Waals surface area contributed by atoms with E-state index in [0.717, 1.165) is 6.54 Å². The van der Waals surface area contributed by atoms with Gasteiger partial charge in [-0.2, -0.15) is 0 Å². The molecule has 0 radical (unpaired) electrons. The van der Waals surface area contributed by atoms with Crippen LogP contribution in [0.2, 0.25) is 0 Å². The van der Waals surface area contributed by atoms with Gasteiger partial charge in [0.2, 0.25) is 0 Å². The second kappa shape index (κ2) is 2.85. The van der Waals surface area contributed by atoms with Crippen LogP contribution in [-0.4, -0.2) is 6.54 Å². The van der Waals surface area contributed by atoms with Gasteiger partial charge in [0.1, 0.15) is 0 Å². The van der Waals surface area contributed by atoms with Crippen LogP contribution in [0.15, 0.2) is 30.3 Å². The smallest absolute Gasteiger partial charge is 0.00375 e. The molecule has 0 saturated heterocycles. The van der Waals surface area contributed by atoms with E-state index in [1.54, 1.807) is 0 Å². The molecule has 1 fully saturated rings. The zero-order chi connectivity index (χ0) is 9.47. The highest BCUT2D eigenvalue weighted by Gasteiger charge is 2.56. The van der Waals surface area contributed by atoms with Crippen LogP contribution in [-0.2, 0) is 0 Å². The summed E-state index contributed by atoms with van der Waals surface area (Å²) in [5, 5.41) is 0. The number of rotatable bonds is 2. The van der Waals surface area contributed by atoms with Crippen LogP contribution in [0.3, 0.4) is 0 Å². The van der Waals surface area contributed by atoms with Gasteiger partial charge < -0.3 is 5.73 Å². The summed E-state index contributed by atoms with van der Waals surface area (Å²) in [4.78, 5) is 0. The molecule has 0 spiro atoms. The fourth-order valence-electron chi connectivity index (χ4n) is 2.51. The van der Waals surface area contributed by atoms with Gasteiger partial charge in [0.25, 0.3) is 0 Å². The molecule has 0 aliphatic heterocycles. The topological polar surface area (TPSA) is 26.0 Å². The van der Waals surface area contributed by atoms with Crippen molar-refractivity contribution >= 4 is 0 Å². The van der Waals surface area contributed by atoms with Crippen LogP contribution in [0.1, 0.15) is 25.3 Å². The van der Waals surface area contributed by atoms with Crippen molar-refractivity contribution in [2.75, 3.05) is 6.54 Å². The van der Waals surface area contributed by atoms with Gasteiger partial charge in [0, 0.05) is 0 Å². The first kappa shape index (κ1) is 8.76. The van der Waals surface area contributed by atoms with Crippen molar-refractivity contribution in [2.45, 2.75) is 19.8 Å². The lowest BCUT2D eigenvalue weighted by molar-refractivity contribution is 0.558. The first-order valence-electron chi connectivity index (χ1n) is 4.93. The molecule has 2 N–H and O–H groups in total. The predicted molar refractivity (Wildman–Crippen MR) is 55.5 cm³/mol. The highest BCUT2D eigenvalue weighted by Crippen LogP contribution is 2.63. The zero-order valence-corrected chi connectivity index (χ0v) is 8.33. The summed E-state index contributed by atoms with van der Waals surface area (Å²) >= 11 is 0. The Bertz CT molecular complexity index is 289. The number of nitrogens with two attached hydrogens (primary N) is 1. The van der Waals surface area contributed by atoms with E-state index in [0.29, 0.717) is 17.3 Å². The molecule has 0 amide bonds. The van der Waals surface area contributed by atoms with Crippen LogP contribution in [0, 0.1) is 11.3 Å². The van der Waals surface area contributed by atoms with Crippen molar-refractivity contribution in [3.8, 4) is 0 Å². The first-order chi connectivity index (χ1) is 6.18. The average molecular weight is 175 g/mol. The van der Waals surface area contributed by atoms with Gasteiger partial charge >= 0.3 is 0 Å². The Hall–Kier alpha value is -0.820. The molecule has 70 valence electrons. The summed E-state index contributed by atoms with van der Waals surface area (Å²) in [6.45, 7) is 5.43. The van der Waals surface area contributed by atoms with E-state index >= 15 is 0 Å². The predicted octanol–water partition coefficient (Wildman–Crippen LogP) is 2.38.